The molecule has 0 bridgehead atoms. The Balaban J connectivity index is 1.54. The van der Waals surface area contributed by atoms with Crippen molar-refractivity contribution >= 4 is 5.91 Å². The molecule has 138 valence electrons. The predicted molar refractivity (Wildman–Crippen MR) is 95.7 cm³/mol. The summed E-state index contributed by atoms with van der Waals surface area (Å²) in [5, 5.41) is 10.3. The van der Waals surface area contributed by atoms with Crippen LogP contribution < -0.4 is 4.74 Å². The summed E-state index contributed by atoms with van der Waals surface area (Å²) in [7, 11) is 0. The Morgan fingerprint density at radius 3 is 3.00 bits per heavy atom. The average molecular weight is 347 g/mol. The topological polar surface area (TPSA) is 59.0 Å². The number of benzene rings is 1. The summed E-state index contributed by atoms with van der Waals surface area (Å²) in [5.74, 6) is 1.01. The molecule has 3 rings (SSSR count). The quantitative estimate of drug-likeness (QED) is 0.889. The van der Waals surface area contributed by atoms with Gasteiger partial charge in [-0.15, -0.1) is 0 Å². The molecule has 2 aliphatic rings. The standard InChI is InChI=1S/C20H29NO4/c1-14-5-3-7-19(15(14)2)25-12-9-20(23)21-10-4-6-17(21)16-13-24-11-8-18(16)22/h3,5,7,16-18,22H,4,6,8-13H2,1-2H3/t16-,17+,18+/m0/s1. The Bertz CT molecular complexity index is 603. The Labute approximate surface area is 149 Å². The summed E-state index contributed by atoms with van der Waals surface area (Å²) in [6, 6.07) is 6.07. The van der Waals surface area contributed by atoms with Crippen LogP contribution in [0.1, 0.15) is 36.8 Å². The zero-order valence-electron chi connectivity index (χ0n) is 15.2. The third-order valence-corrected chi connectivity index (χ3v) is 5.60. The molecule has 1 aromatic rings. The van der Waals surface area contributed by atoms with Gasteiger partial charge in [0.15, 0.2) is 0 Å². The molecule has 0 spiro atoms. The van der Waals surface area contributed by atoms with Crippen LogP contribution in [0.15, 0.2) is 18.2 Å². The van der Waals surface area contributed by atoms with Gasteiger partial charge in [0, 0.05) is 25.1 Å². The van der Waals surface area contributed by atoms with Crippen molar-refractivity contribution < 1.29 is 19.4 Å². The van der Waals surface area contributed by atoms with Crippen LogP contribution >= 0.6 is 0 Å². The van der Waals surface area contributed by atoms with E-state index in [-0.39, 0.29) is 24.0 Å². The Kier molecular flexibility index (Phi) is 5.97. The number of carbonyl (C=O) groups excluding carboxylic acids is 1. The van der Waals surface area contributed by atoms with Gasteiger partial charge >= 0.3 is 0 Å². The van der Waals surface area contributed by atoms with Crippen LogP contribution in [0.4, 0.5) is 0 Å². The molecule has 25 heavy (non-hydrogen) atoms. The molecule has 2 aliphatic heterocycles. The van der Waals surface area contributed by atoms with E-state index in [2.05, 4.69) is 13.0 Å². The monoisotopic (exact) mass is 347 g/mol. The fourth-order valence-electron chi connectivity index (χ4n) is 3.94. The van der Waals surface area contributed by atoms with E-state index in [1.54, 1.807) is 0 Å². The van der Waals surface area contributed by atoms with Crippen LogP contribution in [0.3, 0.4) is 0 Å². The van der Waals surface area contributed by atoms with Crippen LogP contribution in [0, 0.1) is 19.8 Å². The minimum atomic E-state index is -0.363. The van der Waals surface area contributed by atoms with E-state index in [0.717, 1.165) is 30.7 Å². The highest BCUT2D eigenvalue weighted by Crippen LogP contribution is 2.30. The lowest BCUT2D eigenvalue weighted by molar-refractivity contribution is -0.136. The highest BCUT2D eigenvalue weighted by atomic mass is 16.5. The third-order valence-electron chi connectivity index (χ3n) is 5.60. The first kappa shape index (κ1) is 18.2. The molecule has 3 atom stereocenters. The normalized spacial score (nSPS) is 26.7. The Morgan fingerprint density at radius 1 is 1.36 bits per heavy atom. The molecule has 0 saturated carbocycles. The highest BCUT2D eigenvalue weighted by Gasteiger charge is 2.39. The lowest BCUT2D eigenvalue weighted by Gasteiger charge is -2.37. The molecular weight excluding hydrogens is 318 g/mol. The fourth-order valence-corrected chi connectivity index (χ4v) is 3.94. The van der Waals surface area contributed by atoms with E-state index >= 15 is 0 Å². The van der Waals surface area contributed by atoms with Gasteiger partial charge in [0.25, 0.3) is 0 Å². The first-order chi connectivity index (χ1) is 12.1. The van der Waals surface area contributed by atoms with E-state index in [1.807, 2.05) is 24.0 Å². The highest BCUT2D eigenvalue weighted by molar-refractivity contribution is 5.77. The Hall–Kier alpha value is -1.59. The van der Waals surface area contributed by atoms with Crippen molar-refractivity contribution in [3.63, 3.8) is 0 Å². The van der Waals surface area contributed by atoms with Gasteiger partial charge in [-0.25, -0.2) is 0 Å². The van der Waals surface area contributed by atoms with Crippen LogP contribution in [0.5, 0.6) is 5.75 Å². The second-order valence-electron chi connectivity index (χ2n) is 7.19. The largest absolute Gasteiger partial charge is 0.493 e. The second kappa shape index (κ2) is 8.19. The number of rotatable bonds is 5. The van der Waals surface area contributed by atoms with E-state index in [4.69, 9.17) is 9.47 Å². The molecule has 0 aliphatic carbocycles. The summed E-state index contributed by atoms with van der Waals surface area (Å²) >= 11 is 0. The molecule has 2 fully saturated rings. The zero-order valence-corrected chi connectivity index (χ0v) is 15.2. The van der Waals surface area contributed by atoms with Gasteiger partial charge in [0.2, 0.25) is 5.91 Å². The number of ether oxygens (including phenoxy) is 2. The van der Waals surface area contributed by atoms with Gasteiger partial charge in [0.05, 0.1) is 25.7 Å². The number of aliphatic hydroxyl groups is 1. The first-order valence-corrected chi connectivity index (χ1v) is 9.32. The van der Waals surface area contributed by atoms with Crippen molar-refractivity contribution in [2.45, 2.75) is 51.7 Å². The van der Waals surface area contributed by atoms with Gasteiger partial charge < -0.3 is 19.5 Å². The maximum Gasteiger partial charge on any atom is 0.226 e. The van der Waals surface area contributed by atoms with Crippen molar-refractivity contribution in [1.82, 2.24) is 4.90 Å². The number of hydrogen-bond donors (Lipinski definition) is 1. The summed E-state index contributed by atoms with van der Waals surface area (Å²) in [4.78, 5) is 14.6. The van der Waals surface area contributed by atoms with Crippen LogP contribution in [0.25, 0.3) is 0 Å². The summed E-state index contributed by atoms with van der Waals surface area (Å²) in [6.07, 6.45) is 2.62. The van der Waals surface area contributed by atoms with E-state index in [1.165, 1.54) is 5.56 Å². The van der Waals surface area contributed by atoms with Crippen LogP contribution in [-0.4, -0.2) is 54.4 Å². The molecule has 1 N–H and O–H groups in total. The molecule has 5 nitrogen and oxygen atoms in total. The van der Waals surface area contributed by atoms with E-state index in [9.17, 15) is 9.90 Å². The van der Waals surface area contributed by atoms with Gasteiger partial charge in [-0.1, -0.05) is 12.1 Å². The SMILES string of the molecule is Cc1cccc(OCCC(=O)N2CCC[C@@H]2[C@@H]2COCC[C@H]2O)c1C. The summed E-state index contributed by atoms with van der Waals surface area (Å²) in [5.41, 5.74) is 2.31. The van der Waals surface area contributed by atoms with Crippen LogP contribution in [-0.2, 0) is 9.53 Å². The smallest absolute Gasteiger partial charge is 0.226 e. The van der Waals surface area contributed by atoms with Crippen molar-refractivity contribution in [1.29, 1.82) is 0 Å². The molecule has 0 unspecified atom stereocenters. The van der Waals surface area contributed by atoms with Crippen molar-refractivity contribution in [3.8, 4) is 5.75 Å². The molecular formula is C20H29NO4. The van der Waals surface area contributed by atoms with Crippen molar-refractivity contribution in [3.05, 3.63) is 29.3 Å². The van der Waals surface area contributed by atoms with E-state index < -0.39 is 0 Å². The van der Waals surface area contributed by atoms with Crippen molar-refractivity contribution in [2.24, 2.45) is 5.92 Å². The maximum atomic E-state index is 12.7. The Morgan fingerprint density at radius 2 is 2.20 bits per heavy atom. The van der Waals surface area contributed by atoms with Crippen molar-refractivity contribution in [2.75, 3.05) is 26.4 Å². The molecule has 0 aromatic heterocycles. The molecule has 1 amide bonds. The molecule has 2 heterocycles. The average Bonchev–Trinajstić information content (AvgIpc) is 3.08. The molecule has 5 heteroatoms. The van der Waals surface area contributed by atoms with Gasteiger partial charge in [-0.2, -0.15) is 0 Å². The second-order valence-corrected chi connectivity index (χ2v) is 7.19. The van der Waals surface area contributed by atoms with Crippen LogP contribution in [0.2, 0.25) is 0 Å². The third kappa shape index (κ3) is 4.15. The number of aliphatic hydroxyl groups excluding tert-OH is 1. The maximum absolute atomic E-state index is 12.7. The fraction of sp³-hybridized carbons (Fsp3) is 0.650. The molecule has 2 saturated heterocycles. The number of nitrogens with zero attached hydrogens (tertiary/aromatic N) is 1. The lowest BCUT2D eigenvalue weighted by Crippen LogP contribution is -2.48. The lowest BCUT2D eigenvalue weighted by atomic mass is 9.89. The van der Waals surface area contributed by atoms with E-state index in [0.29, 0.717) is 32.7 Å². The number of amides is 1. The van der Waals surface area contributed by atoms with Gasteiger partial charge in [0.1, 0.15) is 5.75 Å². The predicted octanol–water partition coefficient (Wildman–Crippen LogP) is 2.46. The summed E-state index contributed by atoms with van der Waals surface area (Å²) in [6.45, 7) is 6.41. The molecule has 1 aromatic carbocycles. The van der Waals surface area contributed by atoms with Gasteiger partial charge in [-0.3, -0.25) is 4.79 Å². The first-order valence-electron chi connectivity index (χ1n) is 9.32. The number of aryl methyl sites for hydroxylation is 1. The number of likely N-dealkylation sites (tertiary alicyclic amines) is 1. The minimum Gasteiger partial charge on any atom is -0.493 e. The van der Waals surface area contributed by atoms with Gasteiger partial charge in [-0.05, 0) is 50.3 Å². The zero-order chi connectivity index (χ0) is 17.8. The molecule has 0 radical (unpaired) electrons. The number of hydrogen-bond acceptors (Lipinski definition) is 4. The summed E-state index contributed by atoms with van der Waals surface area (Å²) < 4.78 is 11.4. The minimum absolute atomic E-state index is 0.0418. The number of carbonyl (C=O) groups is 1.